The number of anilines is 1. The molecule has 0 spiro atoms. The quantitative estimate of drug-likeness (QED) is 0.747. The third kappa shape index (κ3) is 3.67. The van der Waals surface area contributed by atoms with Crippen LogP contribution in [0.4, 0.5) is 5.82 Å². The topological polar surface area (TPSA) is 37.0 Å². The van der Waals surface area contributed by atoms with E-state index in [1.165, 1.54) is 24.8 Å². The maximum atomic E-state index is 4.60. The van der Waals surface area contributed by atoms with Gasteiger partial charge in [0.2, 0.25) is 0 Å². The highest BCUT2D eigenvalue weighted by Gasteiger charge is 2.19. The van der Waals surface area contributed by atoms with Gasteiger partial charge in [-0.1, -0.05) is 18.2 Å². The Kier molecular flexibility index (Phi) is 3.94. The smallest absolute Gasteiger partial charge is 0.126 e. The molecule has 0 radical (unpaired) electrons. The zero-order valence-corrected chi connectivity index (χ0v) is 11.2. The van der Waals surface area contributed by atoms with Crippen LogP contribution in [-0.4, -0.2) is 24.6 Å². The first kappa shape index (κ1) is 12.4. The van der Waals surface area contributed by atoms with Crippen molar-refractivity contribution in [2.75, 3.05) is 25.0 Å². The van der Waals surface area contributed by atoms with E-state index in [1.807, 2.05) is 12.1 Å². The molecule has 1 saturated carbocycles. The molecule has 3 nitrogen and oxygen atoms in total. The molecule has 0 unspecified atom stereocenters. The van der Waals surface area contributed by atoms with Gasteiger partial charge in [0, 0.05) is 11.9 Å². The Bertz CT molecular complexity index is 534. The summed E-state index contributed by atoms with van der Waals surface area (Å²) >= 11 is 0. The van der Waals surface area contributed by atoms with E-state index in [1.54, 1.807) is 0 Å². The van der Waals surface area contributed by atoms with Crippen molar-refractivity contribution in [3.05, 3.63) is 36.4 Å². The van der Waals surface area contributed by atoms with Crippen LogP contribution < -0.4 is 10.6 Å². The summed E-state index contributed by atoms with van der Waals surface area (Å²) in [7, 11) is 0. The molecule has 1 aliphatic rings. The Morgan fingerprint density at radius 3 is 2.84 bits per heavy atom. The van der Waals surface area contributed by atoms with E-state index in [9.17, 15) is 0 Å². The highest BCUT2D eigenvalue weighted by molar-refractivity contribution is 5.79. The monoisotopic (exact) mass is 255 g/mol. The van der Waals surface area contributed by atoms with Crippen LogP contribution in [0, 0.1) is 5.92 Å². The molecule has 0 aliphatic heterocycles. The average molecular weight is 255 g/mol. The number of hydrogen-bond acceptors (Lipinski definition) is 3. The first-order valence-corrected chi connectivity index (χ1v) is 7.22. The van der Waals surface area contributed by atoms with Gasteiger partial charge in [-0.2, -0.15) is 0 Å². The number of nitrogens with one attached hydrogen (secondary N) is 2. The lowest BCUT2D eigenvalue weighted by Gasteiger charge is -2.07. The van der Waals surface area contributed by atoms with E-state index in [4.69, 9.17) is 0 Å². The number of pyridine rings is 1. The number of fused-ring (bicyclic) bond motifs is 1. The summed E-state index contributed by atoms with van der Waals surface area (Å²) in [6.07, 6.45) is 3.99. The molecule has 1 aromatic heterocycles. The van der Waals surface area contributed by atoms with Gasteiger partial charge in [0.15, 0.2) is 0 Å². The van der Waals surface area contributed by atoms with Crippen LogP contribution in [-0.2, 0) is 0 Å². The molecule has 0 amide bonds. The second-order valence-electron chi connectivity index (χ2n) is 5.32. The molecule has 1 aliphatic carbocycles. The van der Waals surface area contributed by atoms with Crippen molar-refractivity contribution in [2.45, 2.75) is 19.3 Å². The molecule has 1 heterocycles. The summed E-state index contributed by atoms with van der Waals surface area (Å²) in [5.74, 6) is 1.94. The van der Waals surface area contributed by atoms with Crippen molar-refractivity contribution in [1.82, 2.24) is 10.3 Å². The largest absolute Gasteiger partial charge is 0.370 e. The number of aromatic nitrogens is 1. The molecule has 2 aromatic rings. The molecule has 0 atom stereocenters. The van der Waals surface area contributed by atoms with E-state index >= 15 is 0 Å². The maximum absolute atomic E-state index is 4.60. The fourth-order valence-electron chi connectivity index (χ4n) is 2.22. The van der Waals surface area contributed by atoms with E-state index < -0.39 is 0 Å². The summed E-state index contributed by atoms with van der Waals surface area (Å²) in [5.41, 5.74) is 1.05. The van der Waals surface area contributed by atoms with Crippen LogP contribution in [0.25, 0.3) is 10.9 Å². The standard InChI is InChI=1S/C16H21N3/c1-2-5-15-14(4-1)8-9-16(19-15)18-11-3-10-17-12-13-6-7-13/h1-2,4-5,8-9,13,17H,3,6-7,10-12H2,(H,18,19). The fourth-order valence-corrected chi connectivity index (χ4v) is 2.22. The van der Waals surface area contributed by atoms with E-state index in [-0.39, 0.29) is 0 Å². The van der Waals surface area contributed by atoms with Gasteiger partial charge in [-0.25, -0.2) is 4.98 Å². The van der Waals surface area contributed by atoms with Crippen LogP contribution in [0.5, 0.6) is 0 Å². The molecule has 1 fully saturated rings. The zero-order chi connectivity index (χ0) is 12.9. The van der Waals surface area contributed by atoms with Crippen molar-refractivity contribution >= 4 is 16.7 Å². The molecule has 1 aromatic carbocycles. The van der Waals surface area contributed by atoms with Gasteiger partial charge in [0.05, 0.1) is 5.52 Å². The molecule has 100 valence electrons. The minimum atomic E-state index is 0.968. The van der Waals surface area contributed by atoms with Gasteiger partial charge in [0.1, 0.15) is 5.82 Å². The highest BCUT2D eigenvalue weighted by atomic mass is 15.0. The molecule has 3 heteroatoms. The average Bonchev–Trinajstić information content (AvgIpc) is 3.27. The van der Waals surface area contributed by atoms with Crippen molar-refractivity contribution in [2.24, 2.45) is 5.92 Å². The molecular formula is C16H21N3. The van der Waals surface area contributed by atoms with Crippen molar-refractivity contribution < 1.29 is 0 Å². The SMILES string of the molecule is c1ccc2nc(NCCCNCC3CC3)ccc2c1. The third-order valence-corrected chi connectivity index (χ3v) is 3.56. The van der Waals surface area contributed by atoms with Gasteiger partial charge < -0.3 is 10.6 Å². The number of para-hydroxylation sites is 1. The lowest BCUT2D eigenvalue weighted by atomic mass is 10.2. The predicted octanol–water partition coefficient (Wildman–Crippen LogP) is 3.04. The lowest BCUT2D eigenvalue weighted by Crippen LogP contribution is -2.20. The summed E-state index contributed by atoms with van der Waals surface area (Å²) < 4.78 is 0. The first-order valence-electron chi connectivity index (χ1n) is 7.22. The third-order valence-electron chi connectivity index (χ3n) is 3.56. The van der Waals surface area contributed by atoms with Crippen LogP contribution in [0.2, 0.25) is 0 Å². The van der Waals surface area contributed by atoms with Gasteiger partial charge in [0.25, 0.3) is 0 Å². The minimum Gasteiger partial charge on any atom is -0.370 e. The molecule has 0 saturated heterocycles. The molecule has 2 N–H and O–H groups in total. The van der Waals surface area contributed by atoms with Crippen molar-refractivity contribution in [3.8, 4) is 0 Å². The maximum Gasteiger partial charge on any atom is 0.126 e. The van der Waals surface area contributed by atoms with E-state index in [2.05, 4.69) is 39.9 Å². The number of rotatable bonds is 7. The number of benzene rings is 1. The van der Waals surface area contributed by atoms with Gasteiger partial charge in [-0.3, -0.25) is 0 Å². The lowest BCUT2D eigenvalue weighted by molar-refractivity contribution is 0.622. The zero-order valence-electron chi connectivity index (χ0n) is 11.2. The molecule has 19 heavy (non-hydrogen) atoms. The second-order valence-corrected chi connectivity index (χ2v) is 5.32. The predicted molar refractivity (Wildman–Crippen MR) is 80.4 cm³/mol. The van der Waals surface area contributed by atoms with Crippen LogP contribution in [0.1, 0.15) is 19.3 Å². The highest BCUT2D eigenvalue weighted by Crippen LogP contribution is 2.27. The Morgan fingerprint density at radius 2 is 1.95 bits per heavy atom. The summed E-state index contributed by atoms with van der Waals surface area (Å²) in [5, 5.41) is 8.09. The second kappa shape index (κ2) is 6.02. The summed E-state index contributed by atoms with van der Waals surface area (Å²) in [6.45, 7) is 3.27. The number of nitrogens with zero attached hydrogens (tertiary/aromatic N) is 1. The van der Waals surface area contributed by atoms with Gasteiger partial charge in [-0.15, -0.1) is 0 Å². The fraction of sp³-hybridized carbons (Fsp3) is 0.438. The number of hydrogen-bond donors (Lipinski definition) is 2. The first-order chi connectivity index (χ1) is 9.42. The molecule has 3 rings (SSSR count). The van der Waals surface area contributed by atoms with Crippen molar-refractivity contribution in [1.29, 1.82) is 0 Å². The summed E-state index contributed by atoms with van der Waals surface area (Å²) in [6, 6.07) is 12.4. The Balaban J connectivity index is 1.42. The van der Waals surface area contributed by atoms with Crippen LogP contribution in [0.3, 0.4) is 0 Å². The Morgan fingerprint density at radius 1 is 1.05 bits per heavy atom. The Labute approximate surface area is 114 Å². The molecular weight excluding hydrogens is 234 g/mol. The van der Waals surface area contributed by atoms with E-state index in [0.29, 0.717) is 0 Å². The van der Waals surface area contributed by atoms with Crippen molar-refractivity contribution in [3.63, 3.8) is 0 Å². The van der Waals surface area contributed by atoms with Crippen LogP contribution >= 0.6 is 0 Å². The molecule has 0 bridgehead atoms. The Hall–Kier alpha value is -1.61. The minimum absolute atomic E-state index is 0.968. The van der Waals surface area contributed by atoms with Crippen LogP contribution in [0.15, 0.2) is 36.4 Å². The van der Waals surface area contributed by atoms with Gasteiger partial charge >= 0.3 is 0 Å². The van der Waals surface area contributed by atoms with Gasteiger partial charge in [-0.05, 0) is 56.5 Å². The van der Waals surface area contributed by atoms with E-state index in [0.717, 1.165) is 36.8 Å². The normalized spacial score (nSPS) is 14.7. The summed E-state index contributed by atoms with van der Waals surface area (Å²) in [4.78, 5) is 4.60.